The van der Waals surface area contributed by atoms with Gasteiger partial charge in [-0.1, -0.05) is 6.92 Å². The van der Waals surface area contributed by atoms with Crippen molar-refractivity contribution in [1.82, 2.24) is 4.72 Å². The number of hydrogen-bond acceptors (Lipinski definition) is 3. The van der Waals surface area contributed by atoms with Crippen LogP contribution in [0.4, 0.5) is 0 Å². The molecule has 12 heavy (non-hydrogen) atoms. The normalized spacial score (nSPS) is 14.2. The summed E-state index contributed by atoms with van der Waals surface area (Å²) in [6.45, 7) is 4.80. The molecule has 5 heteroatoms. The third kappa shape index (κ3) is 3.82. The first-order valence-electron chi connectivity index (χ1n) is 3.95. The Morgan fingerprint density at radius 2 is 1.92 bits per heavy atom. The molecule has 0 aromatic heterocycles. The molecule has 0 aromatic carbocycles. The third-order valence-corrected chi connectivity index (χ3v) is 3.04. The van der Waals surface area contributed by atoms with Crippen LogP contribution >= 0.6 is 0 Å². The van der Waals surface area contributed by atoms with Crippen LogP contribution < -0.4 is 4.72 Å². The molecule has 0 fully saturated rings. The number of nitrogens with one attached hydrogen (secondary N) is 1. The van der Waals surface area contributed by atoms with Gasteiger partial charge in [0, 0.05) is 6.42 Å². The number of carbonyl (C=O) groups excluding carboxylic acids is 1. The molecular weight excluding hydrogens is 178 g/mol. The molecule has 4 nitrogen and oxygen atoms in total. The lowest BCUT2D eigenvalue weighted by molar-refractivity contribution is -0.119. The average Bonchev–Trinajstić information content (AvgIpc) is 2.02. The highest BCUT2D eigenvalue weighted by atomic mass is 32.2. The first-order chi connectivity index (χ1) is 5.43. The maximum atomic E-state index is 11.0. The Morgan fingerprint density at radius 3 is 2.25 bits per heavy atom. The van der Waals surface area contributed by atoms with Gasteiger partial charge in [0.1, 0.15) is 5.78 Å². The fraction of sp³-hybridized carbons (Fsp3) is 0.857. The van der Waals surface area contributed by atoms with Gasteiger partial charge in [-0.3, -0.25) is 4.79 Å². The minimum Gasteiger partial charge on any atom is -0.298 e. The number of hydrogen-bond donors (Lipinski definition) is 1. The Bertz CT molecular complexity index is 245. The van der Waals surface area contributed by atoms with Gasteiger partial charge in [0.2, 0.25) is 10.0 Å². The molecule has 0 rings (SSSR count). The summed E-state index contributed by atoms with van der Waals surface area (Å²) in [4.78, 5) is 11.0. The van der Waals surface area contributed by atoms with Crippen LogP contribution in [0.5, 0.6) is 0 Å². The highest BCUT2D eigenvalue weighted by Gasteiger charge is 2.16. The second-order valence-corrected chi connectivity index (χ2v) is 4.61. The Morgan fingerprint density at radius 1 is 1.42 bits per heavy atom. The molecule has 0 aliphatic carbocycles. The van der Waals surface area contributed by atoms with Crippen molar-refractivity contribution in [2.24, 2.45) is 0 Å². The number of ketones is 1. The molecule has 0 spiro atoms. The van der Waals surface area contributed by atoms with Crippen LogP contribution in [-0.2, 0) is 14.8 Å². The van der Waals surface area contributed by atoms with E-state index in [4.69, 9.17) is 0 Å². The molecular formula is C7H15NO3S. The van der Waals surface area contributed by atoms with E-state index >= 15 is 0 Å². The quantitative estimate of drug-likeness (QED) is 0.682. The lowest BCUT2D eigenvalue weighted by Gasteiger charge is -2.10. The lowest BCUT2D eigenvalue weighted by Crippen LogP contribution is -2.38. The van der Waals surface area contributed by atoms with Gasteiger partial charge in [-0.05, 0) is 13.8 Å². The summed E-state index contributed by atoms with van der Waals surface area (Å²) in [6.07, 6.45) is 0.355. The largest absolute Gasteiger partial charge is 0.298 e. The van der Waals surface area contributed by atoms with E-state index in [1.165, 1.54) is 6.92 Å². The van der Waals surface area contributed by atoms with Gasteiger partial charge in [0.15, 0.2) is 0 Å². The molecule has 1 N–H and O–H groups in total. The van der Waals surface area contributed by atoms with Crippen LogP contribution in [0.3, 0.4) is 0 Å². The third-order valence-electron chi connectivity index (χ3n) is 1.57. The van der Waals surface area contributed by atoms with Crippen LogP contribution in [0.25, 0.3) is 0 Å². The summed E-state index contributed by atoms with van der Waals surface area (Å²) in [5, 5.41) is 0. The predicted octanol–water partition coefficient (Wildman–Crippen LogP) is 0.293. The second-order valence-electron chi connectivity index (χ2n) is 2.56. The maximum absolute atomic E-state index is 11.0. The van der Waals surface area contributed by atoms with Gasteiger partial charge < -0.3 is 0 Å². The lowest BCUT2D eigenvalue weighted by atomic mass is 10.2. The molecule has 0 saturated carbocycles. The van der Waals surface area contributed by atoms with Gasteiger partial charge in [-0.15, -0.1) is 0 Å². The van der Waals surface area contributed by atoms with E-state index in [1.54, 1.807) is 13.8 Å². The van der Waals surface area contributed by atoms with E-state index in [0.717, 1.165) is 0 Å². The fourth-order valence-electron chi connectivity index (χ4n) is 0.725. The molecule has 0 amide bonds. The molecule has 0 bridgehead atoms. The fourth-order valence-corrected chi connectivity index (χ4v) is 1.56. The maximum Gasteiger partial charge on any atom is 0.211 e. The molecule has 1 atom stereocenters. The highest BCUT2D eigenvalue weighted by molar-refractivity contribution is 7.89. The molecule has 0 aromatic rings. The molecule has 0 heterocycles. The van der Waals surface area contributed by atoms with Gasteiger partial charge in [0.25, 0.3) is 0 Å². The van der Waals surface area contributed by atoms with Crippen LogP contribution in [0, 0.1) is 0 Å². The summed E-state index contributed by atoms with van der Waals surface area (Å²) < 4.78 is 24.2. The number of Topliss-reactive ketones (excluding diaryl/α,β-unsaturated/α-hetero) is 1. The summed E-state index contributed by atoms with van der Waals surface area (Å²) in [5.74, 6) is -0.0824. The minimum atomic E-state index is -3.24. The number of carbonyl (C=O) groups is 1. The summed E-state index contributed by atoms with van der Waals surface area (Å²) in [7, 11) is -3.24. The summed E-state index contributed by atoms with van der Waals surface area (Å²) in [5.41, 5.74) is 0. The van der Waals surface area contributed by atoms with Crippen molar-refractivity contribution in [1.29, 1.82) is 0 Å². The van der Waals surface area contributed by atoms with Crippen molar-refractivity contribution in [3.8, 4) is 0 Å². The van der Waals surface area contributed by atoms with Crippen molar-refractivity contribution < 1.29 is 13.2 Å². The van der Waals surface area contributed by atoms with Gasteiger partial charge in [-0.25, -0.2) is 13.1 Å². The van der Waals surface area contributed by atoms with E-state index < -0.39 is 16.1 Å². The monoisotopic (exact) mass is 193 g/mol. The number of sulfonamides is 1. The van der Waals surface area contributed by atoms with Crippen molar-refractivity contribution >= 4 is 15.8 Å². The zero-order chi connectivity index (χ0) is 9.78. The van der Waals surface area contributed by atoms with Crippen molar-refractivity contribution in [3.63, 3.8) is 0 Å². The molecule has 1 unspecified atom stereocenters. The standard InChI is InChI=1S/C7H15NO3S/c1-4-7(9)6(3)8-12(10,11)5-2/h6,8H,4-5H2,1-3H3. The highest BCUT2D eigenvalue weighted by Crippen LogP contribution is 1.93. The Hall–Kier alpha value is -0.420. The van der Waals surface area contributed by atoms with Crippen LogP contribution in [0.1, 0.15) is 27.2 Å². The average molecular weight is 193 g/mol. The Kier molecular flexibility index (Phi) is 4.41. The Balaban J connectivity index is 4.19. The minimum absolute atomic E-state index is 0.00827. The van der Waals surface area contributed by atoms with Gasteiger partial charge in [-0.2, -0.15) is 0 Å². The van der Waals surface area contributed by atoms with Crippen LogP contribution in [0.2, 0.25) is 0 Å². The van der Waals surface area contributed by atoms with Crippen LogP contribution in [-0.4, -0.2) is 26.0 Å². The van der Waals surface area contributed by atoms with E-state index in [9.17, 15) is 13.2 Å². The molecule has 72 valence electrons. The molecule has 0 aliphatic heterocycles. The molecule has 0 saturated heterocycles. The smallest absolute Gasteiger partial charge is 0.211 e. The molecule has 0 radical (unpaired) electrons. The Labute approximate surface area is 73.4 Å². The van der Waals surface area contributed by atoms with Crippen LogP contribution in [0.15, 0.2) is 0 Å². The van der Waals surface area contributed by atoms with E-state index in [1.807, 2.05) is 0 Å². The first-order valence-corrected chi connectivity index (χ1v) is 5.60. The SMILES string of the molecule is CCC(=O)C(C)NS(=O)(=O)CC. The second kappa shape index (κ2) is 4.57. The van der Waals surface area contributed by atoms with Gasteiger partial charge >= 0.3 is 0 Å². The first kappa shape index (κ1) is 11.6. The zero-order valence-electron chi connectivity index (χ0n) is 7.62. The molecule has 0 aliphatic rings. The predicted molar refractivity (Wildman–Crippen MR) is 47.4 cm³/mol. The zero-order valence-corrected chi connectivity index (χ0v) is 8.44. The van der Waals surface area contributed by atoms with Crippen molar-refractivity contribution in [2.45, 2.75) is 33.2 Å². The van der Waals surface area contributed by atoms with E-state index in [2.05, 4.69) is 4.72 Å². The summed E-state index contributed by atoms with van der Waals surface area (Å²) in [6, 6.07) is -0.597. The van der Waals surface area contributed by atoms with E-state index in [-0.39, 0.29) is 11.5 Å². The van der Waals surface area contributed by atoms with Crippen molar-refractivity contribution in [3.05, 3.63) is 0 Å². The van der Waals surface area contributed by atoms with E-state index in [0.29, 0.717) is 6.42 Å². The van der Waals surface area contributed by atoms with Crippen molar-refractivity contribution in [2.75, 3.05) is 5.75 Å². The summed E-state index contributed by atoms with van der Waals surface area (Å²) >= 11 is 0. The van der Waals surface area contributed by atoms with Gasteiger partial charge in [0.05, 0.1) is 11.8 Å². The topological polar surface area (TPSA) is 63.2 Å². The number of rotatable bonds is 5.